The number of carbonyl (C=O) groups excluding carboxylic acids is 1. The van der Waals surface area contributed by atoms with E-state index in [4.69, 9.17) is 10.5 Å². The van der Waals surface area contributed by atoms with Gasteiger partial charge in [0.15, 0.2) is 0 Å². The highest BCUT2D eigenvalue weighted by Crippen LogP contribution is 2.22. The summed E-state index contributed by atoms with van der Waals surface area (Å²) in [5.74, 6) is 0.626. The number of nitrogens with two attached hydrogens (primary N) is 1. The zero-order valence-electron chi connectivity index (χ0n) is 9.95. The Morgan fingerprint density at radius 1 is 1.47 bits per heavy atom. The van der Waals surface area contributed by atoms with Crippen molar-refractivity contribution in [3.8, 4) is 0 Å². The van der Waals surface area contributed by atoms with Gasteiger partial charge in [0.05, 0.1) is 0 Å². The summed E-state index contributed by atoms with van der Waals surface area (Å²) in [7, 11) is 0. The zero-order valence-corrected chi connectivity index (χ0v) is 9.95. The standard InChI is InChI=1S/C11H22N2O2/c1-11(2,3)15-10(14)13-7-9(8-13)5-4-6-12/h9H,4-8,12H2,1-3H3. The third kappa shape index (κ3) is 4.08. The molecule has 1 fully saturated rings. The van der Waals surface area contributed by atoms with Gasteiger partial charge in [0.2, 0.25) is 0 Å². The molecule has 1 amide bonds. The molecular weight excluding hydrogens is 192 g/mol. The molecule has 88 valence electrons. The molecule has 0 unspecified atom stereocenters. The molecule has 0 saturated carbocycles. The maximum absolute atomic E-state index is 11.5. The Kier molecular flexibility index (Phi) is 3.97. The first-order valence-corrected chi connectivity index (χ1v) is 5.60. The monoisotopic (exact) mass is 214 g/mol. The molecule has 0 spiro atoms. The highest BCUT2D eigenvalue weighted by atomic mass is 16.6. The highest BCUT2D eigenvalue weighted by Gasteiger charge is 2.32. The molecule has 1 rings (SSSR count). The van der Waals surface area contributed by atoms with Crippen molar-refractivity contribution in [2.75, 3.05) is 19.6 Å². The van der Waals surface area contributed by atoms with Crippen molar-refractivity contribution in [3.05, 3.63) is 0 Å². The summed E-state index contributed by atoms with van der Waals surface area (Å²) in [6.07, 6.45) is 1.98. The van der Waals surface area contributed by atoms with Gasteiger partial charge in [0, 0.05) is 13.1 Å². The minimum absolute atomic E-state index is 0.188. The van der Waals surface area contributed by atoms with Crippen molar-refractivity contribution >= 4 is 6.09 Å². The number of carbonyl (C=O) groups is 1. The fourth-order valence-corrected chi connectivity index (χ4v) is 1.63. The Labute approximate surface area is 91.8 Å². The molecule has 1 heterocycles. The van der Waals surface area contributed by atoms with Crippen LogP contribution in [0.1, 0.15) is 33.6 Å². The summed E-state index contributed by atoms with van der Waals surface area (Å²) in [6, 6.07) is 0. The minimum atomic E-state index is -0.389. The third-order valence-electron chi connectivity index (χ3n) is 2.43. The van der Waals surface area contributed by atoms with Crippen LogP contribution in [0.4, 0.5) is 4.79 Å². The van der Waals surface area contributed by atoms with E-state index in [1.807, 2.05) is 20.8 Å². The molecule has 4 heteroatoms. The van der Waals surface area contributed by atoms with Gasteiger partial charge in [-0.05, 0) is 46.1 Å². The Balaban J connectivity index is 2.18. The predicted octanol–water partition coefficient (Wildman–Crippen LogP) is 1.59. The van der Waals surface area contributed by atoms with Crippen LogP contribution in [0.15, 0.2) is 0 Å². The maximum Gasteiger partial charge on any atom is 0.410 e. The average Bonchev–Trinajstić information content (AvgIpc) is 1.98. The van der Waals surface area contributed by atoms with Crippen molar-refractivity contribution in [1.82, 2.24) is 4.90 Å². The van der Waals surface area contributed by atoms with E-state index in [0.717, 1.165) is 32.5 Å². The molecule has 0 aromatic rings. The number of ether oxygens (including phenoxy) is 1. The molecule has 1 saturated heterocycles. The number of likely N-dealkylation sites (tertiary alicyclic amines) is 1. The van der Waals surface area contributed by atoms with E-state index in [-0.39, 0.29) is 11.7 Å². The lowest BCUT2D eigenvalue weighted by atomic mass is 9.95. The Bertz CT molecular complexity index is 217. The lowest BCUT2D eigenvalue weighted by Gasteiger charge is -2.39. The van der Waals surface area contributed by atoms with Gasteiger partial charge in [-0.1, -0.05) is 0 Å². The van der Waals surface area contributed by atoms with Crippen LogP contribution >= 0.6 is 0 Å². The first kappa shape index (κ1) is 12.3. The summed E-state index contributed by atoms with van der Waals surface area (Å²) < 4.78 is 5.26. The lowest BCUT2D eigenvalue weighted by Crippen LogP contribution is -2.51. The first-order chi connectivity index (χ1) is 6.92. The van der Waals surface area contributed by atoms with Crippen LogP contribution in [0.25, 0.3) is 0 Å². The summed E-state index contributed by atoms with van der Waals surface area (Å²) in [5.41, 5.74) is 5.04. The number of nitrogens with zero attached hydrogens (tertiary/aromatic N) is 1. The summed E-state index contributed by atoms with van der Waals surface area (Å²) >= 11 is 0. The molecule has 1 aliphatic rings. The van der Waals surface area contributed by atoms with Crippen LogP contribution in [-0.4, -0.2) is 36.2 Å². The van der Waals surface area contributed by atoms with Gasteiger partial charge in [-0.15, -0.1) is 0 Å². The van der Waals surface area contributed by atoms with Gasteiger partial charge in [-0.3, -0.25) is 0 Å². The smallest absolute Gasteiger partial charge is 0.410 e. The Morgan fingerprint density at radius 2 is 2.07 bits per heavy atom. The van der Waals surface area contributed by atoms with Crippen LogP contribution in [0.2, 0.25) is 0 Å². The molecule has 15 heavy (non-hydrogen) atoms. The quantitative estimate of drug-likeness (QED) is 0.776. The van der Waals surface area contributed by atoms with E-state index < -0.39 is 0 Å². The van der Waals surface area contributed by atoms with Gasteiger partial charge in [-0.2, -0.15) is 0 Å². The molecule has 2 N–H and O–H groups in total. The molecular formula is C11H22N2O2. The van der Waals surface area contributed by atoms with Crippen LogP contribution in [0, 0.1) is 5.92 Å². The number of amides is 1. The normalized spacial score (nSPS) is 17.5. The second-order valence-electron chi connectivity index (χ2n) is 5.18. The molecule has 0 aliphatic carbocycles. The Hall–Kier alpha value is -0.770. The molecule has 0 bridgehead atoms. The van der Waals surface area contributed by atoms with Gasteiger partial charge >= 0.3 is 6.09 Å². The Morgan fingerprint density at radius 3 is 2.53 bits per heavy atom. The molecule has 0 aromatic heterocycles. The van der Waals surface area contributed by atoms with Gasteiger partial charge in [-0.25, -0.2) is 4.79 Å². The number of rotatable bonds is 3. The van der Waals surface area contributed by atoms with Crippen LogP contribution in [0.3, 0.4) is 0 Å². The fourth-order valence-electron chi connectivity index (χ4n) is 1.63. The average molecular weight is 214 g/mol. The van der Waals surface area contributed by atoms with E-state index in [0.29, 0.717) is 5.92 Å². The summed E-state index contributed by atoms with van der Waals surface area (Å²) in [4.78, 5) is 13.3. The molecule has 4 nitrogen and oxygen atoms in total. The molecule has 0 aromatic carbocycles. The van der Waals surface area contributed by atoms with E-state index in [1.54, 1.807) is 4.90 Å². The zero-order chi connectivity index (χ0) is 11.5. The highest BCUT2D eigenvalue weighted by molar-refractivity contribution is 5.69. The van der Waals surface area contributed by atoms with Crippen molar-refractivity contribution in [2.24, 2.45) is 11.7 Å². The lowest BCUT2D eigenvalue weighted by molar-refractivity contribution is -0.00224. The van der Waals surface area contributed by atoms with Crippen LogP contribution < -0.4 is 5.73 Å². The second-order valence-corrected chi connectivity index (χ2v) is 5.18. The maximum atomic E-state index is 11.5. The largest absolute Gasteiger partial charge is 0.444 e. The van der Waals surface area contributed by atoms with Crippen LogP contribution in [0.5, 0.6) is 0 Å². The molecule has 1 aliphatic heterocycles. The van der Waals surface area contributed by atoms with Crippen LogP contribution in [-0.2, 0) is 4.74 Å². The first-order valence-electron chi connectivity index (χ1n) is 5.60. The second kappa shape index (κ2) is 4.84. The van der Waals surface area contributed by atoms with E-state index in [1.165, 1.54) is 0 Å². The predicted molar refractivity (Wildman–Crippen MR) is 59.6 cm³/mol. The van der Waals surface area contributed by atoms with Gasteiger partial charge in [0.25, 0.3) is 0 Å². The van der Waals surface area contributed by atoms with Crippen molar-refractivity contribution < 1.29 is 9.53 Å². The minimum Gasteiger partial charge on any atom is -0.444 e. The topological polar surface area (TPSA) is 55.6 Å². The van der Waals surface area contributed by atoms with E-state index >= 15 is 0 Å². The number of hydrogen-bond donors (Lipinski definition) is 1. The SMILES string of the molecule is CC(C)(C)OC(=O)N1CC(CCCN)C1. The molecule has 0 radical (unpaired) electrons. The van der Waals surface area contributed by atoms with E-state index in [2.05, 4.69) is 0 Å². The van der Waals surface area contributed by atoms with Crippen molar-refractivity contribution in [3.63, 3.8) is 0 Å². The fraction of sp³-hybridized carbons (Fsp3) is 0.909. The molecule has 0 atom stereocenters. The van der Waals surface area contributed by atoms with E-state index in [9.17, 15) is 4.79 Å². The summed E-state index contributed by atoms with van der Waals surface area (Å²) in [6.45, 7) is 8.05. The van der Waals surface area contributed by atoms with Gasteiger partial charge < -0.3 is 15.4 Å². The van der Waals surface area contributed by atoms with Crippen molar-refractivity contribution in [2.45, 2.75) is 39.2 Å². The van der Waals surface area contributed by atoms with Crippen molar-refractivity contribution in [1.29, 1.82) is 0 Å². The summed E-state index contributed by atoms with van der Waals surface area (Å²) in [5, 5.41) is 0. The third-order valence-corrected chi connectivity index (χ3v) is 2.43. The number of hydrogen-bond acceptors (Lipinski definition) is 3. The van der Waals surface area contributed by atoms with Gasteiger partial charge in [0.1, 0.15) is 5.60 Å².